The second-order valence-electron chi connectivity index (χ2n) is 10.4. The van der Waals surface area contributed by atoms with E-state index in [0.29, 0.717) is 22.2 Å². The summed E-state index contributed by atoms with van der Waals surface area (Å²) >= 11 is 0. The van der Waals surface area contributed by atoms with Crippen molar-refractivity contribution in [3.8, 4) is 0 Å². The Morgan fingerprint density at radius 2 is 1.77 bits per heavy atom. The van der Waals surface area contributed by atoms with Crippen LogP contribution in [0.5, 0.6) is 0 Å². The van der Waals surface area contributed by atoms with Crippen molar-refractivity contribution in [1.82, 2.24) is 0 Å². The molecule has 0 aliphatic heterocycles. The summed E-state index contributed by atoms with van der Waals surface area (Å²) < 4.78 is 0. The van der Waals surface area contributed by atoms with E-state index in [1.165, 1.54) is 38.5 Å². The zero-order valence-corrected chi connectivity index (χ0v) is 14.3. The highest BCUT2D eigenvalue weighted by Crippen LogP contribution is 2.85. The maximum Gasteiger partial charge on any atom is 0.309 e. The van der Waals surface area contributed by atoms with Gasteiger partial charge >= 0.3 is 5.97 Å². The van der Waals surface area contributed by atoms with E-state index in [1.807, 2.05) is 0 Å². The molecule has 0 aromatic heterocycles. The van der Waals surface area contributed by atoms with E-state index in [9.17, 15) is 9.90 Å². The predicted molar refractivity (Wildman–Crippen MR) is 85.3 cm³/mol. The third kappa shape index (κ3) is 1.26. The lowest BCUT2D eigenvalue weighted by Crippen LogP contribution is -2.59. The summed E-state index contributed by atoms with van der Waals surface area (Å²) in [5.41, 5.74) is 1.10. The molecule has 2 heteroatoms. The molecule has 0 heterocycles. The van der Waals surface area contributed by atoms with Gasteiger partial charge in [-0.15, -0.1) is 0 Å². The Morgan fingerprint density at radius 1 is 1.00 bits per heavy atom. The van der Waals surface area contributed by atoms with Crippen LogP contribution in [0.3, 0.4) is 0 Å². The minimum atomic E-state index is -0.530. The summed E-state index contributed by atoms with van der Waals surface area (Å²) in [5, 5.41) is 9.92. The van der Waals surface area contributed by atoms with Gasteiger partial charge in [0.1, 0.15) is 0 Å². The van der Waals surface area contributed by atoms with Crippen molar-refractivity contribution in [2.24, 2.45) is 45.3 Å². The third-order valence-corrected chi connectivity index (χ3v) is 9.85. The van der Waals surface area contributed by atoms with Crippen molar-refractivity contribution in [3.63, 3.8) is 0 Å². The SMILES string of the molecule is C[C@@]12CCC[C@@](C)(C(=O)O)C1CCC13CC4[C@H](CC12)[C@]4(C)C3. The van der Waals surface area contributed by atoms with Gasteiger partial charge in [0.15, 0.2) is 0 Å². The maximum absolute atomic E-state index is 12.0. The van der Waals surface area contributed by atoms with Crippen LogP contribution in [-0.2, 0) is 4.79 Å². The van der Waals surface area contributed by atoms with Gasteiger partial charge < -0.3 is 5.11 Å². The Labute approximate surface area is 134 Å². The molecule has 122 valence electrons. The minimum absolute atomic E-state index is 0.290. The zero-order valence-electron chi connectivity index (χ0n) is 14.3. The smallest absolute Gasteiger partial charge is 0.309 e. The summed E-state index contributed by atoms with van der Waals surface area (Å²) in [6, 6.07) is 0. The highest BCUT2D eigenvalue weighted by molar-refractivity contribution is 5.75. The van der Waals surface area contributed by atoms with Gasteiger partial charge in [-0.05, 0) is 91.8 Å². The fourth-order valence-electron chi connectivity index (χ4n) is 8.87. The van der Waals surface area contributed by atoms with E-state index in [-0.39, 0.29) is 0 Å². The number of carboxylic acids is 1. The molecule has 4 unspecified atom stereocenters. The van der Waals surface area contributed by atoms with E-state index < -0.39 is 11.4 Å². The number of aliphatic carboxylic acids is 1. The predicted octanol–water partition coefficient (Wildman–Crippen LogP) is 4.73. The van der Waals surface area contributed by atoms with Crippen molar-refractivity contribution in [1.29, 1.82) is 0 Å². The topological polar surface area (TPSA) is 37.3 Å². The normalized spacial score (nSPS) is 64.7. The number of carbonyl (C=O) groups is 1. The number of fused-ring (bicyclic) bond motifs is 1. The van der Waals surface area contributed by atoms with Crippen LogP contribution in [0, 0.1) is 45.3 Å². The molecule has 6 aliphatic rings. The van der Waals surface area contributed by atoms with Gasteiger partial charge in [-0.25, -0.2) is 0 Å². The Hall–Kier alpha value is -0.530. The molecule has 6 aliphatic carbocycles. The standard InChI is InChI=1S/C20H30O2/c1-17-6-4-7-18(2,16(21)22)14(17)5-8-20-10-13-12(9-15(17)20)19(13,3)11-20/h12-15H,4-11H2,1-3H3,(H,21,22)/t12-,13?,14?,15?,17+,18+,19-,20?/m0/s1. The third-order valence-electron chi connectivity index (χ3n) is 9.85. The van der Waals surface area contributed by atoms with Crippen LogP contribution in [0.2, 0.25) is 0 Å². The first kappa shape index (κ1) is 13.9. The zero-order chi connectivity index (χ0) is 15.5. The lowest BCUT2D eigenvalue weighted by atomic mass is 9.39. The van der Waals surface area contributed by atoms with Crippen LogP contribution in [0.4, 0.5) is 0 Å². The molecule has 6 fully saturated rings. The second kappa shape index (κ2) is 3.59. The van der Waals surface area contributed by atoms with Crippen molar-refractivity contribution in [2.45, 2.75) is 72.1 Å². The van der Waals surface area contributed by atoms with Gasteiger partial charge in [0.25, 0.3) is 0 Å². The molecule has 22 heavy (non-hydrogen) atoms. The van der Waals surface area contributed by atoms with E-state index in [2.05, 4.69) is 20.8 Å². The highest BCUT2D eigenvalue weighted by atomic mass is 16.4. The molecule has 6 rings (SSSR count). The molecule has 0 saturated heterocycles. The second-order valence-corrected chi connectivity index (χ2v) is 10.4. The molecular formula is C20H30O2. The number of hydrogen-bond donors (Lipinski definition) is 1. The fourth-order valence-corrected chi connectivity index (χ4v) is 8.87. The number of hydrogen-bond acceptors (Lipinski definition) is 1. The number of carboxylic acid groups (broad SMARTS) is 1. The number of rotatable bonds is 1. The van der Waals surface area contributed by atoms with Gasteiger partial charge in [-0.2, -0.15) is 0 Å². The van der Waals surface area contributed by atoms with Crippen LogP contribution in [0.25, 0.3) is 0 Å². The average molecular weight is 302 g/mol. The van der Waals surface area contributed by atoms with E-state index in [1.54, 1.807) is 0 Å². The van der Waals surface area contributed by atoms with Crippen molar-refractivity contribution in [3.05, 3.63) is 0 Å². The molecule has 0 amide bonds. The summed E-state index contributed by atoms with van der Waals surface area (Å²) in [6.45, 7) is 7.09. The van der Waals surface area contributed by atoms with Gasteiger partial charge in [0, 0.05) is 0 Å². The highest BCUT2D eigenvalue weighted by Gasteiger charge is 2.78. The van der Waals surface area contributed by atoms with Gasteiger partial charge in [-0.1, -0.05) is 20.3 Å². The van der Waals surface area contributed by atoms with E-state index >= 15 is 0 Å². The van der Waals surface area contributed by atoms with Crippen LogP contribution in [0.15, 0.2) is 0 Å². The first-order valence-electron chi connectivity index (χ1n) is 9.50. The molecular weight excluding hydrogens is 272 g/mol. The average Bonchev–Trinajstić information content (AvgIpc) is 2.89. The van der Waals surface area contributed by atoms with Crippen LogP contribution in [-0.4, -0.2) is 11.1 Å². The quantitative estimate of drug-likeness (QED) is 0.760. The first-order valence-corrected chi connectivity index (χ1v) is 9.50. The van der Waals surface area contributed by atoms with Crippen LogP contribution >= 0.6 is 0 Å². The van der Waals surface area contributed by atoms with Crippen molar-refractivity contribution < 1.29 is 9.90 Å². The fraction of sp³-hybridized carbons (Fsp3) is 0.950. The summed E-state index contributed by atoms with van der Waals surface area (Å²) in [5.74, 6) is 2.70. The van der Waals surface area contributed by atoms with Gasteiger partial charge in [0.05, 0.1) is 5.41 Å². The Bertz CT molecular complexity index is 570. The van der Waals surface area contributed by atoms with E-state index in [0.717, 1.165) is 30.6 Å². The molecule has 6 saturated carbocycles. The van der Waals surface area contributed by atoms with Crippen LogP contribution < -0.4 is 0 Å². The molecule has 0 aromatic rings. The monoisotopic (exact) mass is 302 g/mol. The minimum Gasteiger partial charge on any atom is -0.481 e. The summed E-state index contributed by atoms with van der Waals surface area (Å²) in [4.78, 5) is 12.0. The lowest BCUT2D eigenvalue weighted by Gasteiger charge is -2.65. The summed E-state index contributed by atoms with van der Waals surface area (Å²) in [6.07, 6.45) is 10.1. The molecule has 1 spiro atoms. The summed E-state index contributed by atoms with van der Waals surface area (Å²) in [7, 11) is 0. The van der Waals surface area contributed by atoms with E-state index in [4.69, 9.17) is 0 Å². The van der Waals surface area contributed by atoms with Gasteiger partial charge in [0.2, 0.25) is 0 Å². The van der Waals surface area contributed by atoms with Crippen molar-refractivity contribution >= 4 is 5.97 Å². The Kier molecular flexibility index (Phi) is 2.27. The van der Waals surface area contributed by atoms with Crippen molar-refractivity contribution in [2.75, 3.05) is 0 Å². The van der Waals surface area contributed by atoms with Gasteiger partial charge in [-0.3, -0.25) is 4.79 Å². The molecule has 1 N–H and O–H groups in total. The lowest BCUT2D eigenvalue weighted by molar-refractivity contribution is -0.187. The first-order chi connectivity index (χ1) is 10.3. The Balaban J connectivity index is 1.56. The molecule has 0 aromatic carbocycles. The molecule has 0 radical (unpaired) electrons. The Morgan fingerprint density at radius 3 is 2.41 bits per heavy atom. The van der Waals surface area contributed by atoms with Crippen LogP contribution in [0.1, 0.15) is 72.1 Å². The molecule has 4 bridgehead atoms. The largest absolute Gasteiger partial charge is 0.481 e. The molecule has 8 atom stereocenters. The maximum atomic E-state index is 12.0. The molecule has 2 nitrogen and oxygen atoms in total.